The molecule has 0 unspecified atom stereocenters. The minimum Gasteiger partial charge on any atom is -0.480 e. The molecule has 1 aromatic rings. The fraction of sp³-hybridized carbons (Fsp3) is 0.556. The molecule has 1 saturated heterocycles. The van der Waals surface area contributed by atoms with E-state index >= 15 is 0 Å². The lowest BCUT2D eigenvalue weighted by Crippen LogP contribution is -2.38. The van der Waals surface area contributed by atoms with Gasteiger partial charge >= 0.3 is 11.9 Å². The van der Waals surface area contributed by atoms with E-state index in [4.69, 9.17) is 9.94 Å². The van der Waals surface area contributed by atoms with Crippen molar-refractivity contribution in [3.05, 3.63) is 35.4 Å². The van der Waals surface area contributed by atoms with E-state index < -0.39 is 23.9 Å². The van der Waals surface area contributed by atoms with Gasteiger partial charge in [0.25, 0.3) is 0 Å². The van der Waals surface area contributed by atoms with Crippen molar-refractivity contribution in [1.29, 1.82) is 0 Å². The molecule has 0 saturated carbocycles. The molecule has 0 radical (unpaired) electrons. The molecule has 2 atom stereocenters. The van der Waals surface area contributed by atoms with Crippen LogP contribution in [0.2, 0.25) is 0 Å². The quantitative estimate of drug-likeness (QED) is 0.873. The van der Waals surface area contributed by atoms with E-state index in [1.807, 2.05) is 24.3 Å². The second-order valence-electron chi connectivity index (χ2n) is 6.61. The van der Waals surface area contributed by atoms with Crippen molar-refractivity contribution >= 4 is 11.9 Å². The molecule has 1 heterocycles. The summed E-state index contributed by atoms with van der Waals surface area (Å²) < 4.78 is 0. The highest BCUT2D eigenvalue weighted by molar-refractivity contribution is 5.78. The van der Waals surface area contributed by atoms with Crippen LogP contribution in [-0.4, -0.2) is 34.7 Å². The van der Waals surface area contributed by atoms with Gasteiger partial charge in [-0.05, 0) is 43.2 Å². The predicted octanol–water partition coefficient (Wildman–Crippen LogP) is 3.00. The molecule has 23 heavy (non-hydrogen) atoms. The van der Waals surface area contributed by atoms with E-state index in [0.29, 0.717) is 18.9 Å². The van der Waals surface area contributed by atoms with Crippen molar-refractivity contribution in [1.82, 2.24) is 5.06 Å². The number of benzene rings is 1. The number of hydrogen-bond acceptors (Lipinski definition) is 4. The van der Waals surface area contributed by atoms with Gasteiger partial charge in [0.2, 0.25) is 0 Å². The van der Waals surface area contributed by atoms with Crippen molar-refractivity contribution in [2.24, 2.45) is 5.92 Å². The Hall–Kier alpha value is -1.88. The maximum atomic E-state index is 12.3. The standard InChI is InChI=1S/C18H25NO4/c1-12(2)11-14-6-8-15(9-7-14)13(3)18(22)23-19-10-4-5-16(19)17(20)21/h6-9,12-13,16H,4-5,10-11H2,1-3H3,(H,20,21)/t13-,16+/m1/s1. The normalized spacial score (nSPS) is 19.7. The maximum absolute atomic E-state index is 12.3. The third kappa shape index (κ3) is 4.55. The first kappa shape index (κ1) is 17.5. The highest BCUT2D eigenvalue weighted by atomic mass is 16.7. The monoisotopic (exact) mass is 319 g/mol. The van der Waals surface area contributed by atoms with E-state index in [0.717, 1.165) is 18.4 Å². The fourth-order valence-electron chi connectivity index (χ4n) is 2.84. The van der Waals surface area contributed by atoms with E-state index in [2.05, 4.69) is 13.8 Å². The third-order valence-corrected chi connectivity index (χ3v) is 4.17. The number of hydrogen-bond donors (Lipinski definition) is 1. The van der Waals surface area contributed by atoms with Gasteiger partial charge in [-0.3, -0.25) is 4.79 Å². The summed E-state index contributed by atoms with van der Waals surface area (Å²) in [5.74, 6) is -1.18. The van der Waals surface area contributed by atoms with E-state index in [-0.39, 0.29) is 0 Å². The first-order valence-electron chi connectivity index (χ1n) is 8.18. The lowest BCUT2D eigenvalue weighted by Gasteiger charge is -2.22. The van der Waals surface area contributed by atoms with Gasteiger partial charge in [0.05, 0.1) is 5.92 Å². The molecule has 1 aliphatic rings. The maximum Gasteiger partial charge on any atom is 0.332 e. The number of carbonyl (C=O) groups excluding carboxylic acids is 1. The molecule has 1 aromatic carbocycles. The van der Waals surface area contributed by atoms with Crippen molar-refractivity contribution in [3.63, 3.8) is 0 Å². The number of carbonyl (C=O) groups is 2. The van der Waals surface area contributed by atoms with Gasteiger partial charge in [-0.2, -0.15) is 0 Å². The van der Waals surface area contributed by atoms with Crippen molar-refractivity contribution in [3.8, 4) is 0 Å². The molecule has 0 spiro atoms. The Morgan fingerprint density at radius 3 is 2.48 bits per heavy atom. The van der Waals surface area contributed by atoms with Crippen LogP contribution in [0.3, 0.4) is 0 Å². The smallest absolute Gasteiger partial charge is 0.332 e. The topological polar surface area (TPSA) is 66.8 Å². The Bertz CT molecular complexity index is 553. The Morgan fingerprint density at radius 1 is 1.26 bits per heavy atom. The fourth-order valence-corrected chi connectivity index (χ4v) is 2.84. The Balaban J connectivity index is 1.98. The third-order valence-electron chi connectivity index (χ3n) is 4.17. The van der Waals surface area contributed by atoms with Crippen LogP contribution in [0.4, 0.5) is 0 Å². The van der Waals surface area contributed by atoms with Crippen LogP contribution in [0.1, 0.15) is 50.7 Å². The summed E-state index contributed by atoms with van der Waals surface area (Å²) in [5.41, 5.74) is 2.13. The zero-order valence-corrected chi connectivity index (χ0v) is 14.0. The van der Waals surface area contributed by atoms with Gasteiger partial charge in [-0.1, -0.05) is 38.1 Å². The van der Waals surface area contributed by atoms with Crippen LogP contribution in [0, 0.1) is 5.92 Å². The first-order valence-corrected chi connectivity index (χ1v) is 8.18. The molecular weight excluding hydrogens is 294 g/mol. The number of carboxylic acids is 1. The molecule has 5 nitrogen and oxygen atoms in total. The van der Waals surface area contributed by atoms with Crippen LogP contribution in [0.25, 0.3) is 0 Å². The van der Waals surface area contributed by atoms with Crippen LogP contribution < -0.4 is 0 Å². The van der Waals surface area contributed by atoms with E-state index in [9.17, 15) is 9.59 Å². The molecule has 0 amide bonds. The number of nitrogens with zero attached hydrogens (tertiary/aromatic N) is 1. The summed E-state index contributed by atoms with van der Waals surface area (Å²) in [6.07, 6.45) is 2.25. The molecule has 126 valence electrons. The lowest BCUT2D eigenvalue weighted by molar-refractivity contribution is -0.200. The molecule has 2 rings (SSSR count). The molecule has 1 fully saturated rings. The summed E-state index contributed by atoms with van der Waals surface area (Å²) in [6, 6.07) is 7.24. The van der Waals surface area contributed by atoms with Crippen LogP contribution in [-0.2, 0) is 20.8 Å². The largest absolute Gasteiger partial charge is 0.480 e. The Kier molecular flexibility index (Phi) is 5.77. The highest BCUT2D eigenvalue weighted by Crippen LogP contribution is 2.23. The van der Waals surface area contributed by atoms with Gasteiger partial charge in [0.1, 0.15) is 6.04 Å². The lowest BCUT2D eigenvalue weighted by atomic mass is 9.97. The Labute approximate surface area is 137 Å². The molecular formula is C18H25NO4. The van der Waals surface area contributed by atoms with Gasteiger partial charge in [0, 0.05) is 6.54 Å². The van der Waals surface area contributed by atoms with Crippen molar-refractivity contribution in [2.45, 2.75) is 52.0 Å². The van der Waals surface area contributed by atoms with Crippen molar-refractivity contribution in [2.75, 3.05) is 6.54 Å². The zero-order chi connectivity index (χ0) is 17.0. The summed E-state index contributed by atoms with van der Waals surface area (Å²) in [4.78, 5) is 28.7. The second kappa shape index (κ2) is 7.59. The number of carboxylic acid groups (broad SMARTS) is 1. The minimum atomic E-state index is -0.944. The summed E-state index contributed by atoms with van der Waals surface area (Å²) in [6.45, 7) is 6.60. The highest BCUT2D eigenvalue weighted by Gasteiger charge is 2.34. The second-order valence-corrected chi connectivity index (χ2v) is 6.61. The average Bonchev–Trinajstić information content (AvgIpc) is 2.95. The van der Waals surface area contributed by atoms with Gasteiger partial charge in [-0.25, -0.2) is 4.79 Å². The van der Waals surface area contributed by atoms with E-state index in [1.165, 1.54) is 10.6 Å². The molecule has 5 heteroatoms. The minimum absolute atomic E-state index is 0.408. The molecule has 1 N–H and O–H groups in total. The summed E-state index contributed by atoms with van der Waals surface area (Å²) >= 11 is 0. The van der Waals surface area contributed by atoms with Gasteiger partial charge in [-0.15, -0.1) is 5.06 Å². The van der Waals surface area contributed by atoms with Crippen LogP contribution >= 0.6 is 0 Å². The molecule has 1 aliphatic heterocycles. The molecule has 0 aliphatic carbocycles. The number of rotatable bonds is 6. The van der Waals surface area contributed by atoms with Crippen LogP contribution in [0.15, 0.2) is 24.3 Å². The Morgan fingerprint density at radius 2 is 1.91 bits per heavy atom. The van der Waals surface area contributed by atoms with Crippen LogP contribution in [0.5, 0.6) is 0 Å². The first-order chi connectivity index (χ1) is 10.9. The van der Waals surface area contributed by atoms with E-state index in [1.54, 1.807) is 6.92 Å². The SMILES string of the molecule is CC(C)Cc1ccc([C@@H](C)C(=O)ON2CCC[C@H]2C(=O)O)cc1. The van der Waals surface area contributed by atoms with Crippen molar-refractivity contribution < 1.29 is 19.5 Å². The number of aliphatic carboxylic acids is 1. The molecule has 0 aromatic heterocycles. The van der Waals surface area contributed by atoms with Gasteiger partial charge in [0.15, 0.2) is 0 Å². The average molecular weight is 319 g/mol. The summed E-state index contributed by atoms with van der Waals surface area (Å²) in [5, 5.41) is 10.4. The predicted molar refractivity (Wildman–Crippen MR) is 86.9 cm³/mol. The number of hydroxylamine groups is 2. The molecule has 0 bridgehead atoms. The zero-order valence-electron chi connectivity index (χ0n) is 14.0. The van der Waals surface area contributed by atoms with Gasteiger partial charge < -0.3 is 9.94 Å². The summed E-state index contributed by atoms with van der Waals surface area (Å²) in [7, 11) is 0.